The molecule has 0 aromatic carbocycles. The fraction of sp³-hybridized carbons (Fsp3) is 0.625. The monoisotopic (exact) mass is 138 g/mol. The molecule has 2 aliphatic rings. The molecule has 2 nitrogen and oxygen atoms in total. The maximum absolute atomic E-state index is 10.5. The van der Waals surface area contributed by atoms with Gasteiger partial charge in [0.1, 0.15) is 0 Å². The molecule has 0 spiro atoms. The molecule has 0 aromatic rings. The summed E-state index contributed by atoms with van der Waals surface area (Å²) in [6.07, 6.45) is 6.18. The van der Waals surface area contributed by atoms with Crippen molar-refractivity contribution in [1.82, 2.24) is 0 Å². The molecule has 1 fully saturated rings. The van der Waals surface area contributed by atoms with Gasteiger partial charge in [0.15, 0.2) is 0 Å². The highest BCUT2D eigenvalue weighted by Gasteiger charge is 2.54. The summed E-state index contributed by atoms with van der Waals surface area (Å²) in [7, 11) is 0. The van der Waals surface area contributed by atoms with E-state index in [1.54, 1.807) is 0 Å². The molecule has 1 unspecified atom stereocenters. The molecule has 0 heterocycles. The Morgan fingerprint density at radius 3 is 2.20 bits per heavy atom. The van der Waals surface area contributed by atoms with Crippen molar-refractivity contribution in [3.63, 3.8) is 0 Å². The van der Waals surface area contributed by atoms with E-state index in [0.717, 1.165) is 12.8 Å². The summed E-state index contributed by atoms with van der Waals surface area (Å²) in [6, 6.07) is 0. The topological polar surface area (TPSA) is 37.3 Å². The minimum absolute atomic E-state index is 0.0185. The summed E-state index contributed by atoms with van der Waals surface area (Å²) < 4.78 is 0. The van der Waals surface area contributed by atoms with Gasteiger partial charge in [-0.05, 0) is 24.7 Å². The van der Waals surface area contributed by atoms with Gasteiger partial charge in [0.05, 0.1) is 5.92 Å². The lowest BCUT2D eigenvalue weighted by Crippen LogP contribution is -1.99. The summed E-state index contributed by atoms with van der Waals surface area (Å²) in [5.41, 5.74) is 0. The number of carboxylic acid groups (broad SMARTS) is 1. The van der Waals surface area contributed by atoms with Crippen LogP contribution in [0.5, 0.6) is 0 Å². The molecule has 2 rings (SSSR count). The van der Waals surface area contributed by atoms with E-state index in [0.29, 0.717) is 11.8 Å². The molecule has 1 N–H and O–H groups in total. The zero-order valence-corrected chi connectivity index (χ0v) is 5.66. The lowest BCUT2D eigenvalue weighted by Gasteiger charge is -1.96. The van der Waals surface area contributed by atoms with Gasteiger partial charge in [-0.25, -0.2) is 0 Å². The third-order valence-electron chi connectivity index (χ3n) is 2.60. The second-order valence-electron chi connectivity index (χ2n) is 3.13. The van der Waals surface area contributed by atoms with E-state index in [1.807, 2.05) is 0 Å². The standard InChI is InChI=1S/C8H10O2/c9-8(10)7-5-3-1-2-4-6(5)7/h1-2,5-7H,3-4H2,(H,9,10)/t5-,6+,7?. The van der Waals surface area contributed by atoms with Crippen LogP contribution in [0.25, 0.3) is 0 Å². The van der Waals surface area contributed by atoms with Crippen LogP contribution in [0, 0.1) is 17.8 Å². The minimum Gasteiger partial charge on any atom is -0.481 e. The van der Waals surface area contributed by atoms with Crippen LogP contribution >= 0.6 is 0 Å². The number of fused-ring (bicyclic) bond motifs is 1. The highest BCUT2D eigenvalue weighted by molar-refractivity contribution is 5.74. The van der Waals surface area contributed by atoms with Crippen LogP contribution in [-0.4, -0.2) is 11.1 Å². The molecule has 0 bridgehead atoms. The first kappa shape index (κ1) is 5.96. The Labute approximate surface area is 59.5 Å². The van der Waals surface area contributed by atoms with E-state index in [1.165, 1.54) is 0 Å². The molecule has 3 atom stereocenters. The summed E-state index contributed by atoms with van der Waals surface area (Å²) >= 11 is 0. The Hall–Kier alpha value is -0.790. The fourth-order valence-corrected chi connectivity index (χ4v) is 1.96. The predicted octanol–water partition coefficient (Wildman–Crippen LogP) is 1.28. The second-order valence-corrected chi connectivity index (χ2v) is 3.13. The lowest BCUT2D eigenvalue weighted by atomic mass is 10.1. The van der Waals surface area contributed by atoms with Gasteiger partial charge < -0.3 is 5.11 Å². The molecule has 0 aliphatic heterocycles. The number of hydrogen-bond acceptors (Lipinski definition) is 1. The Bertz CT molecular complexity index is 181. The van der Waals surface area contributed by atoms with Crippen LogP contribution in [0.4, 0.5) is 0 Å². The molecular formula is C8H10O2. The van der Waals surface area contributed by atoms with E-state index >= 15 is 0 Å². The summed E-state index contributed by atoms with van der Waals surface area (Å²) in [6.45, 7) is 0. The highest BCUT2D eigenvalue weighted by Crippen LogP contribution is 2.53. The van der Waals surface area contributed by atoms with Crippen molar-refractivity contribution in [2.75, 3.05) is 0 Å². The van der Waals surface area contributed by atoms with E-state index < -0.39 is 5.97 Å². The van der Waals surface area contributed by atoms with Crippen LogP contribution in [0.15, 0.2) is 12.2 Å². The summed E-state index contributed by atoms with van der Waals surface area (Å²) in [4.78, 5) is 10.5. The summed E-state index contributed by atoms with van der Waals surface area (Å²) in [5.74, 6) is 0.332. The zero-order valence-electron chi connectivity index (χ0n) is 5.66. The highest BCUT2D eigenvalue weighted by atomic mass is 16.4. The van der Waals surface area contributed by atoms with E-state index in [2.05, 4.69) is 12.2 Å². The number of rotatable bonds is 1. The zero-order chi connectivity index (χ0) is 7.14. The SMILES string of the molecule is O=C(O)C1[C@H]2CC=CC[C@@H]12. The van der Waals surface area contributed by atoms with Gasteiger partial charge in [0.25, 0.3) is 0 Å². The molecule has 10 heavy (non-hydrogen) atoms. The Morgan fingerprint density at radius 2 is 1.80 bits per heavy atom. The molecule has 2 heteroatoms. The van der Waals surface area contributed by atoms with Crippen LogP contribution in [0.3, 0.4) is 0 Å². The molecule has 54 valence electrons. The quantitative estimate of drug-likeness (QED) is 0.554. The van der Waals surface area contributed by atoms with Gasteiger partial charge in [-0.2, -0.15) is 0 Å². The third kappa shape index (κ3) is 0.681. The first-order valence-electron chi connectivity index (χ1n) is 3.68. The smallest absolute Gasteiger partial charge is 0.307 e. The van der Waals surface area contributed by atoms with Gasteiger partial charge in [-0.15, -0.1) is 0 Å². The Morgan fingerprint density at radius 1 is 1.30 bits per heavy atom. The van der Waals surface area contributed by atoms with Crippen molar-refractivity contribution in [2.45, 2.75) is 12.8 Å². The van der Waals surface area contributed by atoms with Crippen molar-refractivity contribution in [2.24, 2.45) is 17.8 Å². The van der Waals surface area contributed by atoms with Crippen LogP contribution in [0.1, 0.15) is 12.8 Å². The van der Waals surface area contributed by atoms with Gasteiger partial charge in [-0.3, -0.25) is 4.79 Å². The minimum atomic E-state index is -0.598. The van der Waals surface area contributed by atoms with Crippen molar-refractivity contribution in [1.29, 1.82) is 0 Å². The van der Waals surface area contributed by atoms with Gasteiger partial charge in [0, 0.05) is 0 Å². The van der Waals surface area contributed by atoms with Gasteiger partial charge in [0.2, 0.25) is 0 Å². The average Bonchev–Trinajstić information content (AvgIpc) is 2.60. The lowest BCUT2D eigenvalue weighted by molar-refractivity contribution is -0.139. The van der Waals surface area contributed by atoms with Gasteiger partial charge in [-0.1, -0.05) is 12.2 Å². The Kier molecular flexibility index (Phi) is 1.10. The third-order valence-corrected chi connectivity index (χ3v) is 2.60. The molecule has 0 amide bonds. The number of carbonyl (C=O) groups is 1. The van der Waals surface area contributed by atoms with Crippen LogP contribution in [-0.2, 0) is 4.79 Å². The maximum Gasteiger partial charge on any atom is 0.307 e. The first-order chi connectivity index (χ1) is 4.80. The number of allylic oxidation sites excluding steroid dienone is 2. The molecule has 0 saturated heterocycles. The van der Waals surface area contributed by atoms with Crippen molar-refractivity contribution in [3.8, 4) is 0 Å². The van der Waals surface area contributed by atoms with Crippen molar-refractivity contribution < 1.29 is 9.90 Å². The van der Waals surface area contributed by atoms with Crippen LogP contribution < -0.4 is 0 Å². The van der Waals surface area contributed by atoms with E-state index in [-0.39, 0.29) is 5.92 Å². The molecule has 2 aliphatic carbocycles. The number of hydrogen-bond donors (Lipinski definition) is 1. The van der Waals surface area contributed by atoms with E-state index in [9.17, 15) is 4.79 Å². The van der Waals surface area contributed by atoms with E-state index in [4.69, 9.17) is 5.11 Å². The van der Waals surface area contributed by atoms with Crippen molar-refractivity contribution in [3.05, 3.63) is 12.2 Å². The van der Waals surface area contributed by atoms with Crippen molar-refractivity contribution >= 4 is 5.97 Å². The Balaban J connectivity index is 2.04. The number of aliphatic carboxylic acids is 1. The number of carboxylic acids is 1. The molecule has 0 radical (unpaired) electrons. The largest absolute Gasteiger partial charge is 0.481 e. The molecule has 1 saturated carbocycles. The average molecular weight is 138 g/mol. The summed E-state index contributed by atoms with van der Waals surface area (Å²) in [5, 5.41) is 8.66. The van der Waals surface area contributed by atoms with Crippen LogP contribution in [0.2, 0.25) is 0 Å². The molecular weight excluding hydrogens is 128 g/mol. The second kappa shape index (κ2) is 1.84. The maximum atomic E-state index is 10.5. The van der Waals surface area contributed by atoms with Gasteiger partial charge >= 0.3 is 5.97 Å². The predicted molar refractivity (Wildman–Crippen MR) is 36.5 cm³/mol. The fourth-order valence-electron chi connectivity index (χ4n) is 1.96. The molecule has 0 aromatic heterocycles. The normalized spacial score (nSPS) is 42.6. The first-order valence-corrected chi connectivity index (χ1v) is 3.68.